The van der Waals surface area contributed by atoms with Gasteiger partial charge in [0.25, 0.3) is 11.8 Å². The predicted molar refractivity (Wildman–Crippen MR) is 179 cm³/mol. The molecule has 0 bridgehead atoms. The van der Waals surface area contributed by atoms with Crippen LogP contribution in [0.4, 0.5) is 11.4 Å². The second kappa shape index (κ2) is 15.2. The highest BCUT2D eigenvalue weighted by atomic mass is 16.5. The minimum atomic E-state index is -0.331. The van der Waals surface area contributed by atoms with Crippen molar-refractivity contribution in [3.05, 3.63) is 101 Å². The average molecular weight is 625 g/mol. The van der Waals surface area contributed by atoms with Crippen molar-refractivity contribution in [2.45, 2.75) is 6.42 Å². The van der Waals surface area contributed by atoms with Crippen LogP contribution in [0.15, 0.2) is 73.1 Å². The van der Waals surface area contributed by atoms with E-state index in [0.29, 0.717) is 29.2 Å². The average Bonchev–Trinajstić information content (AvgIpc) is 3.60. The number of carbonyl (C=O) groups is 3. The summed E-state index contributed by atoms with van der Waals surface area (Å²) in [5.74, 6) is 0.102. The molecular weight excluding hydrogens is 584 g/mol. The van der Waals surface area contributed by atoms with Crippen molar-refractivity contribution in [2.24, 2.45) is 14.1 Å². The van der Waals surface area contributed by atoms with E-state index in [9.17, 15) is 14.4 Å². The number of nitrogens with one attached hydrogen (secondary N) is 3. The van der Waals surface area contributed by atoms with Gasteiger partial charge in [-0.3, -0.25) is 19.3 Å². The van der Waals surface area contributed by atoms with Gasteiger partial charge in [0, 0.05) is 63.9 Å². The van der Waals surface area contributed by atoms with Crippen molar-refractivity contribution in [3.8, 4) is 5.75 Å². The molecule has 1 saturated heterocycles. The van der Waals surface area contributed by atoms with Crippen molar-refractivity contribution in [1.82, 2.24) is 19.4 Å². The molecule has 0 saturated carbocycles. The number of aromatic nitrogens is 2. The molecule has 0 unspecified atom stereocenters. The molecule has 3 amide bonds. The molecule has 240 valence electrons. The van der Waals surface area contributed by atoms with Crippen molar-refractivity contribution < 1.29 is 23.9 Å². The molecule has 3 N–H and O–H groups in total. The topological polar surface area (TPSA) is 119 Å². The summed E-state index contributed by atoms with van der Waals surface area (Å²) >= 11 is 0. The number of carbonyl (C=O) groups excluding carboxylic acids is 3. The SMILES string of the molecule is COc1cccc(/C=C/c2ccc(C(=O)Nc3cc(C(=O)Nc4cc(CC(=O)NCCN5CCOCC5)n(C)c4)n(C)c3)cc2)c1. The number of rotatable bonds is 12. The molecule has 1 aliphatic rings. The number of nitrogens with zero attached hydrogens (tertiary/aromatic N) is 3. The fraction of sp³-hybridized carbons (Fsp3) is 0.286. The lowest BCUT2D eigenvalue weighted by molar-refractivity contribution is -0.120. The third kappa shape index (κ3) is 8.74. The molecule has 0 radical (unpaired) electrons. The summed E-state index contributed by atoms with van der Waals surface area (Å²) in [6, 6.07) is 18.4. The van der Waals surface area contributed by atoms with E-state index in [0.717, 1.165) is 55.4 Å². The summed E-state index contributed by atoms with van der Waals surface area (Å²) in [4.78, 5) is 40.8. The number of amides is 3. The Morgan fingerprint density at radius 1 is 0.848 bits per heavy atom. The third-order valence-corrected chi connectivity index (χ3v) is 7.79. The maximum absolute atomic E-state index is 13.1. The summed E-state index contributed by atoms with van der Waals surface area (Å²) in [6.45, 7) is 4.58. The summed E-state index contributed by atoms with van der Waals surface area (Å²) in [5.41, 5.74) is 4.69. The van der Waals surface area contributed by atoms with Crippen LogP contribution in [0.2, 0.25) is 0 Å². The first-order valence-electron chi connectivity index (χ1n) is 15.2. The monoisotopic (exact) mass is 624 g/mol. The quantitative estimate of drug-likeness (QED) is 0.205. The molecule has 1 fully saturated rings. The Balaban J connectivity index is 1.12. The van der Waals surface area contributed by atoms with E-state index in [1.165, 1.54) is 0 Å². The van der Waals surface area contributed by atoms with Gasteiger partial charge in [-0.05, 0) is 47.5 Å². The number of morpholine rings is 1. The van der Waals surface area contributed by atoms with E-state index in [-0.39, 0.29) is 24.1 Å². The van der Waals surface area contributed by atoms with Crippen LogP contribution in [0, 0.1) is 0 Å². The summed E-state index contributed by atoms with van der Waals surface area (Å²) in [6.07, 6.45) is 7.62. The Bertz CT molecular complexity index is 1700. The second-order valence-corrected chi connectivity index (χ2v) is 11.2. The summed E-state index contributed by atoms with van der Waals surface area (Å²) in [5, 5.41) is 8.74. The Morgan fingerprint density at radius 3 is 2.30 bits per heavy atom. The zero-order valence-corrected chi connectivity index (χ0v) is 26.4. The van der Waals surface area contributed by atoms with E-state index in [2.05, 4.69) is 20.9 Å². The Kier molecular flexibility index (Phi) is 10.7. The van der Waals surface area contributed by atoms with Gasteiger partial charge in [-0.25, -0.2) is 0 Å². The number of methoxy groups -OCH3 is 1. The molecule has 11 heteroatoms. The molecule has 0 atom stereocenters. The van der Waals surface area contributed by atoms with Crippen LogP contribution in [0.25, 0.3) is 12.2 Å². The van der Waals surface area contributed by atoms with Gasteiger partial charge in [0.2, 0.25) is 5.91 Å². The van der Waals surface area contributed by atoms with Crippen LogP contribution in [-0.4, -0.2) is 78.3 Å². The van der Waals surface area contributed by atoms with Gasteiger partial charge in [-0.1, -0.05) is 36.4 Å². The molecule has 0 aliphatic carbocycles. The first-order chi connectivity index (χ1) is 22.3. The van der Waals surface area contributed by atoms with Gasteiger partial charge in [0.1, 0.15) is 11.4 Å². The predicted octanol–water partition coefficient (Wildman–Crippen LogP) is 4.04. The van der Waals surface area contributed by atoms with Crippen LogP contribution in [-0.2, 0) is 30.0 Å². The second-order valence-electron chi connectivity index (χ2n) is 11.2. The highest BCUT2D eigenvalue weighted by molar-refractivity contribution is 6.07. The molecule has 2 aromatic carbocycles. The third-order valence-electron chi connectivity index (χ3n) is 7.79. The minimum absolute atomic E-state index is 0.0745. The van der Waals surface area contributed by atoms with Gasteiger partial charge in [0.05, 0.1) is 38.1 Å². The zero-order chi connectivity index (χ0) is 32.5. The number of aryl methyl sites for hydroxylation is 2. The maximum Gasteiger partial charge on any atom is 0.272 e. The van der Waals surface area contributed by atoms with Crippen LogP contribution in [0.1, 0.15) is 37.7 Å². The fourth-order valence-electron chi connectivity index (χ4n) is 5.20. The standard InChI is InChI=1S/C35H40N6O5/c1-39-23-28(20-30(39)22-33(42)36-13-14-41-15-17-46-18-16-41)38-35(44)32-21-29(24-40(32)2)37-34(43)27-11-9-25(10-12-27)7-8-26-5-4-6-31(19-26)45-3/h4-12,19-21,23-24H,13-18,22H2,1-3H3,(H,36,42)(H,37,43)(H,38,44)/b8-7+. The number of benzene rings is 2. The lowest BCUT2D eigenvalue weighted by atomic mass is 10.1. The van der Waals surface area contributed by atoms with Gasteiger partial charge >= 0.3 is 0 Å². The van der Waals surface area contributed by atoms with Gasteiger partial charge < -0.3 is 34.6 Å². The molecule has 0 spiro atoms. The van der Waals surface area contributed by atoms with Crippen LogP contribution >= 0.6 is 0 Å². The number of hydrogen-bond donors (Lipinski definition) is 3. The lowest BCUT2D eigenvalue weighted by Crippen LogP contribution is -2.41. The van der Waals surface area contributed by atoms with Crippen LogP contribution in [0.3, 0.4) is 0 Å². The Morgan fingerprint density at radius 2 is 1.54 bits per heavy atom. The van der Waals surface area contributed by atoms with E-state index >= 15 is 0 Å². The maximum atomic E-state index is 13.1. The molecule has 1 aliphatic heterocycles. The minimum Gasteiger partial charge on any atom is -0.497 e. The first kappa shape index (κ1) is 32.3. The molecule has 5 rings (SSSR count). The molecule has 2 aromatic heterocycles. The molecule has 3 heterocycles. The van der Waals surface area contributed by atoms with Crippen LogP contribution < -0.4 is 20.7 Å². The van der Waals surface area contributed by atoms with Crippen molar-refractivity contribution >= 4 is 41.2 Å². The molecular formula is C35H40N6O5. The highest BCUT2D eigenvalue weighted by Crippen LogP contribution is 2.19. The summed E-state index contributed by atoms with van der Waals surface area (Å²) in [7, 11) is 5.22. The van der Waals surface area contributed by atoms with E-state index < -0.39 is 0 Å². The van der Waals surface area contributed by atoms with Crippen molar-refractivity contribution in [3.63, 3.8) is 0 Å². The zero-order valence-electron chi connectivity index (χ0n) is 26.4. The van der Waals surface area contributed by atoms with Gasteiger partial charge in [-0.2, -0.15) is 0 Å². The van der Waals surface area contributed by atoms with Gasteiger partial charge in [-0.15, -0.1) is 0 Å². The first-order valence-corrected chi connectivity index (χ1v) is 15.2. The van der Waals surface area contributed by atoms with Gasteiger partial charge in [0.15, 0.2) is 0 Å². The number of anilines is 2. The normalized spacial score (nSPS) is 13.5. The number of hydrogen-bond acceptors (Lipinski definition) is 6. The fourth-order valence-corrected chi connectivity index (χ4v) is 5.20. The number of ether oxygens (including phenoxy) is 2. The molecule has 4 aromatic rings. The smallest absolute Gasteiger partial charge is 0.272 e. The van der Waals surface area contributed by atoms with E-state index in [1.807, 2.05) is 60.2 Å². The highest BCUT2D eigenvalue weighted by Gasteiger charge is 2.17. The van der Waals surface area contributed by atoms with E-state index in [1.54, 1.807) is 55.4 Å². The van der Waals surface area contributed by atoms with E-state index in [4.69, 9.17) is 9.47 Å². The molecule has 46 heavy (non-hydrogen) atoms. The van der Waals surface area contributed by atoms with Crippen LogP contribution in [0.5, 0.6) is 5.75 Å². The largest absolute Gasteiger partial charge is 0.497 e. The Labute approximate surface area is 268 Å². The lowest BCUT2D eigenvalue weighted by Gasteiger charge is -2.26. The Hall–Kier alpha value is -5.13. The van der Waals surface area contributed by atoms with Crippen molar-refractivity contribution in [1.29, 1.82) is 0 Å². The molecule has 11 nitrogen and oxygen atoms in total. The summed E-state index contributed by atoms with van der Waals surface area (Å²) < 4.78 is 14.1. The van der Waals surface area contributed by atoms with Crippen molar-refractivity contribution in [2.75, 3.05) is 57.1 Å².